The zero-order valence-corrected chi connectivity index (χ0v) is 21.4. The quantitative estimate of drug-likeness (QED) is 0.309. The molecule has 0 bridgehead atoms. The zero-order valence-electron chi connectivity index (χ0n) is 18.2. The van der Waals surface area contributed by atoms with Gasteiger partial charge in [-0.25, -0.2) is 0 Å². The van der Waals surface area contributed by atoms with Gasteiger partial charge in [-0.15, -0.1) is 0 Å². The van der Waals surface area contributed by atoms with Gasteiger partial charge in [-0.2, -0.15) is 5.26 Å². The van der Waals surface area contributed by atoms with E-state index in [9.17, 15) is 4.79 Å². The normalized spacial score (nSPS) is 18.0. The lowest BCUT2D eigenvalue weighted by atomic mass is 9.94. The Morgan fingerprint density at radius 3 is 2.64 bits per heavy atom. The van der Waals surface area contributed by atoms with Crippen molar-refractivity contribution >= 4 is 56.2 Å². The maximum atomic E-state index is 13.1. The van der Waals surface area contributed by atoms with E-state index in [2.05, 4.69) is 22.0 Å². The second-order valence-electron chi connectivity index (χ2n) is 7.98. The molecule has 33 heavy (non-hydrogen) atoms. The first-order chi connectivity index (χ1) is 16.0. The summed E-state index contributed by atoms with van der Waals surface area (Å²) in [5.41, 5.74) is 2.38. The van der Waals surface area contributed by atoms with E-state index >= 15 is 0 Å². The Bertz CT molecular complexity index is 1140. The molecule has 0 aromatic heterocycles. The molecule has 2 aromatic rings. The second kappa shape index (κ2) is 10.7. The van der Waals surface area contributed by atoms with E-state index in [1.807, 2.05) is 35.2 Å². The van der Waals surface area contributed by atoms with Crippen LogP contribution in [0.15, 0.2) is 45.8 Å². The average Bonchev–Trinajstić information content (AvgIpc) is 3.11. The summed E-state index contributed by atoms with van der Waals surface area (Å²) < 4.78 is 12.9. The molecular formula is C25H23BrN2O3S2. The van der Waals surface area contributed by atoms with Crippen LogP contribution >= 0.6 is 39.9 Å². The highest BCUT2D eigenvalue weighted by atomic mass is 79.9. The van der Waals surface area contributed by atoms with Crippen molar-refractivity contribution in [3.63, 3.8) is 0 Å². The van der Waals surface area contributed by atoms with E-state index < -0.39 is 0 Å². The van der Waals surface area contributed by atoms with Gasteiger partial charge in [0.05, 0.1) is 28.1 Å². The number of ether oxygens (including phenoxy) is 2. The topological polar surface area (TPSA) is 62.6 Å². The molecule has 1 amide bonds. The van der Waals surface area contributed by atoms with Crippen molar-refractivity contribution < 1.29 is 14.3 Å². The van der Waals surface area contributed by atoms with Crippen molar-refractivity contribution in [2.24, 2.45) is 0 Å². The summed E-state index contributed by atoms with van der Waals surface area (Å²) in [6.07, 6.45) is 7.42. The van der Waals surface area contributed by atoms with Crippen LogP contribution in [0.25, 0.3) is 6.08 Å². The highest BCUT2D eigenvalue weighted by Crippen LogP contribution is 2.41. The number of methoxy groups -OCH3 is 1. The zero-order chi connectivity index (χ0) is 23.4. The number of carbonyl (C=O) groups is 1. The molecule has 5 nitrogen and oxygen atoms in total. The minimum atomic E-state index is -0.00636. The molecule has 2 aliphatic rings. The van der Waals surface area contributed by atoms with Crippen molar-refractivity contribution in [2.45, 2.75) is 44.8 Å². The molecule has 1 aliphatic heterocycles. The minimum absolute atomic E-state index is 0.00636. The lowest BCUT2D eigenvalue weighted by Crippen LogP contribution is -2.39. The highest BCUT2D eigenvalue weighted by molar-refractivity contribution is 9.10. The molecule has 2 fully saturated rings. The molecule has 0 N–H and O–H groups in total. The molecule has 1 saturated heterocycles. The lowest BCUT2D eigenvalue weighted by molar-refractivity contribution is -0.124. The number of rotatable bonds is 6. The largest absolute Gasteiger partial charge is 0.493 e. The first-order valence-corrected chi connectivity index (χ1v) is 12.8. The Labute approximate surface area is 211 Å². The van der Waals surface area contributed by atoms with Crippen molar-refractivity contribution in [1.29, 1.82) is 5.26 Å². The third kappa shape index (κ3) is 5.43. The smallest absolute Gasteiger partial charge is 0.266 e. The number of halogens is 1. The van der Waals surface area contributed by atoms with E-state index in [0.717, 1.165) is 41.3 Å². The summed E-state index contributed by atoms with van der Waals surface area (Å²) in [6.45, 7) is 0.333. The minimum Gasteiger partial charge on any atom is -0.493 e. The standard InChI is InChI=1S/C25H23BrN2O3S2/c1-30-21-12-18(11-20(26)23(21)31-15-17-9-7-16(14-27)8-10-17)13-22-24(29)28(25(32)33-22)19-5-3-2-4-6-19/h7-13,19H,2-6,15H2,1H3/b22-13-. The molecule has 8 heteroatoms. The molecule has 2 aromatic carbocycles. The van der Waals surface area contributed by atoms with Crippen molar-refractivity contribution in [3.8, 4) is 17.6 Å². The fourth-order valence-electron chi connectivity index (χ4n) is 4.08. The molecular weight excluding hydrogens is 520 g/mol. The van der Waals surface area contributed by atoms with Crippen LogP contribution in [0.4, 0.5) is 0 Å². The van der Waals surface area contributed by atoms with Gasteiger partial charge >= 0.3 is 0 Å². The van der Waals surface area contributed by atoms with Gasteiger partial charge in [-0.05, 0) is 70.2 Å². The maximum Gasteiger partial charge on any atom is 0.266 e. The molecule has 0 spiro atoms. The molecule has 170 valence electrons. The predicted octanol–water partition coefficient (Wildman–Crippen LogP) is 6.44. The van der Waals surface area contributed by atoms with Gasteiger partial charge in [0.15, 0.2) is 11.5 Å². The van der Waals surface area contributed by atoms with Gasteiger partial charge < -0.3 is 9.47 Å². The Morgan fingerprint density at radius 1 is 1.24 bits per heavy atom. The number of thiocarbonyl (C=S) groups is 1. The summed E-state index contributed by atoms with van der Waals surface area (Å²) in [5.74, 6) is 1.13. The number of carbonyl (C=O) groups excluding carboxylic acids is 1. The van der Waals surface area contributed by atoms with E-state index in [0.29, 0.717) is 32.9 Å². The van der Waals surface area contributed by atoms with E-state index in [4.69, 9.17) is 27.0 Å². The van der Waals surface area contributed by atoms with Crippen LogP contribution in [-0.2, 0) is 11.4 Å². The average molecular weight is 544 g/mol. The van der Waals surface area contributed by atoms with E-state index in [-0.39, 0.29) is 11.9 Å². The Kier molecular flexibility index (Phi) is 7.74. The Morgan fingerprint density at radius 2 is 1.97 bits per heavy atom. The van der Waals surface area contributed by atoms with Gasteiger partial charge in [0.25, 0.3) is 5.91 Å². The molecule has 1 heterocycles. The van der Waals surface area contributed by atoms with Crippen LogP contribution < -0.4 is 9.47 Å². The number of nitrogens with zero attached hydrogens (tertiary/aromatic N) is 2. The fraction of sp³-hybridized carbons (Fsp3) is 0.320. The monoisotopic (exact) mass is 542 g/mol. The molecule has 1 aliphatic carbocycles. The van der Waals surface area contributed by atoms with Crippen LogP contribution in [0.5, 0.6) is 11.5 Å². The molecule has 0 unspecified atom stereocenters. The Balaban J connectivity index is 1.52. The van der Waals surface area contributed by atoms with E-state index in [1.54, 1.807) is 19.2 Å². The highest BCUT2D eigenvalue weighted by Gasteiger charge is 2.37. The van der Waals surface area contributed by atoms with Gasteiger partial charge in [0.1, 0.15) is 10.9 Å². The summed E-state index contributed by atoms with van der Waals surface area (Å²) in [6, 6.07) is 13.3. The molecule has 4 rings (SSSR count). The van der Waals surface area contributed by atoms with Gasteiger partial charge in [0.2, 0.25) is 0 Å². The molecule has 1 saturated carbocycles. The van der Waals surface area contributed by atoms with Crippen molar-refractivity contribution in [1.82, 2.24) is 4.90 Å². The van der Waals surface area contributed by atoms with Gasteiger partial charge in [-0.1, -0.05) is 55.4 Å². The number of amides is 1. The fourth-order valence-corrected chi connectivity index (χ4v) is 6.05. The molecule has 0 radical (unpaired) electrons. The van der Waals surface area contributed by atoms with Gasteiger partial charge in [-0.3, -0.25) is 9.69 Å². The maximum absolute atomic E-state index is 13.1. The van der Waals surface area contributed by atoms with Crippen molar-refractivity contribution in [2.75, 3.05) is 7.11 Å². The van der Waals surface area contributed by atoms with Gasteiger partial charge in [0, 0.05) is 6.04 Å². The van der Waals surface area contributed by atoms with Crippen LogP contribution in [-0.4, -0.2) is 28.3 Å². The van der Waals surface area contributed by atoms with Crippen LogP contribution in [0.1, 0.15) is 48.8 Å². The van der Waals surface area contributed by atoms with Crippen LogP contribution in [0.2, 0.25) is 0 Å². The molecule has 0 atom stereocenters. The third-order valence-electron chi connectivity index (χ3n) is 5.78. The summed E-state index contributed by atoms with van der Waals surface area (Å²) in [4.78, 5) is 15.5. The lowest BCUT2D eigenvalue weighted by Gasteiger charge is -2.29. The number of thioether (sulfide) groups is 1. The first-order valence-electron chi connectivity index (χ1n) is 10.8. The third-order valence-corrected chi connectivity index (χ3v) is 7.70. The first kappa shape index (κ1) is 23.8. The van der Waals surface area contributed by atoms with Crippen LogP contribution in [0.3, 0.4) is 0 Å². The number of hydrogen-bond donors (Lipinski definition) is 0. The Hall–Kier alpha value is -2.34. The van der Waals surface area contributed by atoms with E-state index in [1.165, 1.54) is 18.2 Å². The van der Waals surface area contributed by atoms with Crippen LogP contribution in [0, 0.1) is 11.3 Å². The summed E-state index contributed by atoms with van der Waals surface area (Å²) in [5, 5.41) is 8.94. The predicted molar refractivity (Wildman–Crippen MR) is 138 cm³/mol. The second-order valence-corrected chi connectivity index (χ2v) is 10.5. The summed E-state index contributed by atoms with van der Waals surface area (Å²) >= 11 is 10.5. The van der Waals surface area contributed by atoms with Crippen molar-refractivity contribution in [3.05, 3.63) is 62.5 Å². The number of benzene rings is 2. The SMILES string of the molecule is COc1cc(/C=C2\SC(=S)N(C3CCCCC3)C2=O)cc(Br)c1OCc1ccc(C#N)cc1. The number of hydrogen-bond acceptors (Lipinski definition) is 6. The summed E-state index contributed by atoms with van der Waals surface area (Å²) in [7, 11) is 1.59. The number of nitriles is 1.